The molecule has 36 heavy (non-hydrogen) atoms. The monoisotopic (exact) mass is 536 g/mol. The molecule has 5 rings (SSSR count). The second-order valence-corrected chi connectivity index (χ2v) is 13.2. The maximum Gasteiger partial charge on any atom is 0.272 e. The number of benzene rings is 1. The first-order chi connectivity index (χ1) is 17.0. The molecule has 1 aromatic carbocycles. The second-order valence-electron chi connectivity index (χ2n) is 10.0. The number of sulfone groups is 1. The average molecular weight is 537 g/mol. The number of nitrogens with zero attached hydrogens (tertiary/aromatic N) is 3. The highest BCUT2D eigenvalue weighted by molar-refractivity contribution is 7.94. The van der Waals surface area contributed by atoms with Gasteiger partial charge in [-0.1, -0.05) is 23.7 Å². The Morgan fingerprint density at radius 1 is 1.22 bits per heavy atom. The average Bonchev–Trinajstić information content (AvgIpc) is 3.78. The Morgan fingerprint density at radius 2 is 1.89 bits per heavy atom. The number of aromatic nitrogens is 2. The minimum atomic E-state index is -3.78. The Labute approximate surface area is 214 Å². The predicted octanol–water partition coefficient (Wildman–Crippen LogP) is 0.835. The van der Waals surface area contributed by atoms with Crippen LogP contribution in [0.25, 0.3) is 0 Å². The number of fused-ring (bicyclic) bond motifs is 1. The highest BCUT2D eigenvalue weighted by atomic mass is 35.5. The van der Waals surface area contributed by atoms with Crippen LogP contribution in [-0.4, -0.2) is 80.4 Å². The van der Waals surface area contributed by atoms with Crippen molar-refractivity contribution in [1.82, 2.24) is 20.0 Å². The molecule has 0 saturated heterocycles. The summed E-state index contributed by atoms with van der Waals surface area (Å²) in [6, 6.07) is 7.10. The maximum absolute atomic E-state index is 13.5. The zero-order chi connectivity index (χ0) is 25.9. The standard InChI is InChI=1S/C24H29ClN4O6S/c1-28-20-17(19(27-28)21(32)26-12-15-2-4-16(25)5-3-15)6-11-29(22(20)33)14-23(7-8-23)36(34,35)24(9-10-24)18(31)13-30/h2-5,18,30-31H,6-14H2,1H3,(H,26,32)/t18-/m1/s1. The largest absolute Gasteiger partial charge is 0.394 e. The van der Waals surface area contributed by atoms with E-state index < -0.39 is 37.9 Å². The van der Waals surface area contributed by atoms with Crippen molar-refractivity contribution in [3.8, 4) is 0 Å². The molecule has 2 aromatic rings. The first-order valence-electron chi connectivity index (χ1n) is 12.0. The van der Waals surface area contributed by atoms with Crippen molar-refractivity contribution >= 4 is 33.3 Å². The molecule has 3 aliphatic rings. The number of hydrogen-bond donors (Lipinski definition) is 3. The summed E-state index contributed by atoms with van der Waals surface area (Å²) in [7, 11) is -2.19. The van der Waals surface area contributed by atoms with E-state index in [2.05, 4.69) is 10.4 Å². The van der Waals surface area contributed by atoms with E-state index in [0.717, 1.165) is 5.56 Å². The van der Waals surface area contributed by atoms with Crippen molar-refractivity contribution < 1.29 is 28.2 Å². The van der Waals surface area contributed by atoms with Gasteiger partial charge in [0.1, 0.15) is 10.4 Å². The highest BCUT2D eigenvalue weighted by Crippen LogP contribution is 2.58. The van der Waals surface area contributed by atoms with Crippen molar-refractivity contribution in [2.75, 3.05) is 19.7 Å². The van der Waals surface area contributed by atoms with Crippen LogP contribution in [0.3, 0.4) is 0 Å². The molecule has 0 radical (unpaired) electrons. The number of rotatable bonds is 9. The first-order valence-corrected chi connectivity index (χ1v) is 13.8. The molecule has 2 saturated carbocycles. The number of carbonyl (C=O) groups excluding carboxylic acids is 2. The van der Waals surface area contributed by atoms with Crippen LogP contribution < -0.4 is 5.32 Å². The molecule has 12 heteroatoms. The topological polar surface area (TPSA) is 142 Å². The third-order valence-electron chi connectivity index (χ3n) is 7.76. The number of hydrogen-bond acceptors (Lipinski definition) is 7. The smallest absolute Gasteiger partial charge is 0.272 e. The summed E-state index contributed by atoms with van der Waals surface area (Å²) in [4.78, 5) is 27.8. The van der Waals surface area contributed by atoms with Crippen molar-refractivity contribution in [2.45, 2.75) is 54.2 Å². The van der Waals surface area contributed by atoms with E-state index in [9.17, 15) is 28.2 Å². The van der Waals surface area contributed by atoms with Crippen LogP contribution in [0, 0.1) is 0 Å². The lowest BCUT2D eigenvalue weighted by Crippen LogP contribution is -2.51. The summed E-state index contributed by atoms with van der Waals surface area (Å²) in [6.07, 6.45) is 0.500. The molecule has 0 bridgehead atoms. The quantitative estimate of drug-likeness (QED) is 0.431. The molecule has 10 nitrogen and oxygen atoms in total. The van der Waals surface area contributed by atoms with Gasteiger partial charge in [0.15, 0.2) is 15.5 Å². The van der Waals surface area contributed by atoms with E-state index >= 15 is 0 Å². The number of amides is 2. The van der Waals surface area contributed by atoms with Crippen LogP contribution in [0.2, 0.25) is 5.02 Å². The van der Waals surface area contributed by atoms with Crippen LogP contribution in [0.15, 0.2) is 24.3 Å². The first kappa shape index (κ1) is 25.2. The van der Waals surface area contributed by atoms with E-state index in [0.29, 0.717) is 42.7 Å². The molecule has 1 aliphatic heterocycles. The normalized spacial score (nSPS) is 20.6. The van der Waals surface area contributed by atoms with E-state index in [4.69, 9.17) is 11.6 Å². The Kier molecular flexibility index (Phi) is 6.18. The zero-order valence-corrected chi connectivity index (χ0v) is 21.5. The second kappa shape index (κ2) is 8.83. The zero-order valence-electron chi connectivity index (χ0n) is 19.9. The number of nitrogens with one attached hydrogen (secondary N) is 1. The highest BCUT2D eigenvalue weighted by Gasteiger charge is 2.70. The molecule has 3 N–H and O–H groups in total. The van der Waals surface area contributed by atoms with Gasteiger partial charge in [0.25, 0.3) is 11.8 Å². The van der Waals surface area contributed by atoms with Gasteiger partial charge in [0.2, 0.25) is 0 Å². The number of halogens is 1. The molecule has 194 valence electrons. The third kappa shape index (κ3) is 3.93. The summed E-state index contributed by atoms with van der Waals surface area (Å²) < 4.78 is 26.0. The van der Waals surface area contributed by atoms with Crippen LogP contribution in [0.4, 0.5) is 0 Å². The third-order valence-corrected chi connectivity index (χ3v) is 11.4. The lowest BCUT2D eigenvalue weighted by Gasteiger charge is -2.33. The predicted molar refractivity (Wildman–Crippen MR) is 131 cm³/mol. The summed E-state index contributed by atoms with van der Waals surface area (Å²) in [5.74, 6) is -0.755. The molecule has 2 fully saturated rings. The Morgan fingerprint density at radius 3 is 2.47 bits per heavy atom. The van der Waals surface area contributed by atoms with Crippen molar-refractivity contribution in [1.29, 1.82) is 0 Å². The molecule has 2 heterocycles. The molecule has 1 atom stereocenters. The van der Waals surface area contributed by atoms with E-state index in [1.165, 1.54) is 9.58 Å². The summed E-state index contributed by atoms with van der Waals surface area (Å²) in [6.45, 7) is -0.0406. The van der Waals surface area contributed by atoms with Gasteiger partial charge in [-0.3, -0.25) is 14.3 Å². The number of carbonyl (C=O) groups is 2. The summed E-state index contributed by atoms with van der Waals surface area (Å²) in [5.41, 5.74) is 1.89. The fraction of sp³-hybridized carbons (Fsp3) is 0.542. The van der Waals surface area contributed by atoms with Gasteiger partial charge in [0, 0.05) is 37.3 Å². The van der Waals surface area contributed by atoms with Gasteiger partial charge in [-0.15, -0.1) is 0 Å². The molecular formula is C24H29ClN4O6S. The minimum absolute atomic E-state index is 0.0246. The Bertz CT molecular complexity index is 1310. The maximum atomic E-state index is 13.5. The van der Waals surface area contributed by atoms with Gasteiger partial charge < -0.3 is 20.4 Å². The van der Waals surface area contributed by atoms with Crippen molar-refractivity contribution in [2.24, 2.45) is 7.05 Å². The van der Waals surface area contributed by atoms with Gasteiger partial charge in [0.05, 0.1) is 17.5 Å². The van der Waals surface area contributed by atoms with Gasteiger partial charge in [-0.2, -0.15) is 5.10 Å². The fourth-order valence-electron chi connectivity index (χ4n) is 5.27. The molecule has 2 amide bonds. The molecule has 0 spiro atoms. The van der Waals surface area contributed by atoms with Crippen LogP contribution >= 0.6 is 11.6 Å². The van der Waals surface area contributed by atoms with E-state index in [1.54, 1.807) is 19.2 Å². The lowest BCUT2D eigenvalue weighted by atomic mass is 10.0. The fourth-order valence-corrected chi connectivity index (χ4v) is 8.30. The molecule has 1 aromatic heterocycles. The summed E-state index contributed by atoms with van der Waals surface area (Å²) >= 11 is 5.90. The van der Waals surface area contributed by atoms with Gasteiger partial charge in [-0.25, -0.2) is 8.42 Å². The minimum Gasteiger partial charge on any atom is -0.394 e. The number of aliphatic hydroxyl groups excluding tert-OH is 2. The molecular weight excluding hydrogens is 508 g/mol. The SMILES string of the molecule is Cn1nc(C(=O)NCc2ccc(Cl)cc2)c2c1C(=O)N(CC1(S(=O)(=O)C3([C@H](O)CO)CC3)CC1)CC2. The Balaban J connectivity index is 1.32. The van der Waals surface area contributed by atoms with Crippen LogP contribution in [0.5, 0.6) is 0 Å². The lowest BCUT2D eigenvalue weighted by molar-refractivity contribution is 0.0720. The van der Waals surface area contributed by atoms with Crippen LogP contribution in [0.1, 0.15) is 57.8 Å². The van der Waals surface area contributed by atoms with Gasteiger partial charge in [-0.05, 0) is 49.8 Å². The van der Waals surface area contributed by atoms with E-state index in [-0.39, 0.29) is 36.9 Å². The van der Waals surface area contributed by atoms with Gasteiger partial charge >= 0.3 is 0 Å². The number of aryl methyl sites for hydroxylation is 1. The van der Waals surface area contributed by atoms with E-state index in [1.807, 2.05) is 12.1 Å². The molecule has 2 aliphatic carbocycles. The van der Waals surface area contributed by atoms with Crippen LogP contribution in [-0.2, 0) is 29.9 Å². The summed E-state index contributed by atoms with van der Waals surface area (Å²) in [5, 5.41) is 27.3. The molecule has 0 unspecified atom stereocenters. The van der Waals surface area contributed by atoms with Crippen molar-refractivity contribution in [3.05, 3.63) is 51.8 Å². The Hall–Kier alpha value is -2.47. The van der Waals surface area contributed by atoms with Crippen molar-refractivity contribution in [3.63, 3.8) is 0 Å². The number of aliphatic hydroxyl groups is 2.